The van der Waals surface area contributed by atoms with Gasteiger partial charge in [-0.15, -0.1) is 0 Å². The molecule has 0 bridgehead atoms. The molecular formula is C13H12N2O2. The Morgan fingerprint density at radius 2 is 1.71 bits per heavy atom. The molecule has 0 saturated carbocycles. The quantitative estimate of drug-likeness (QED) is 0.776. The van der Waals surface area contributed by atoms with Crippen molar-refractivity contribution in [3.8, 4) is 11.5 Å². The number of nitrogens with one attached hydrogen (secondary N) is 1. The third kappa shape index (κ3) is 1.85. The first-order valence-corrected chi connectivity index (χ1v) is 5.34. The van der Waals surface area contributed by atoms with Gasteiger partial charge in [-0.25, -0.2) is 0 Å². The molecule has 1 aliphatic rings. The molecule has 0 unspecified atom stereocenters. The van der Waals surface area contributed by atoms with Crippen LogP contribution in [0.4, 0.5) is 17.1 Å². The van der Waals surface area contributed by atoms with Gasteiger partial charge in [0.25, 0.3) is 0 Å². The molecule has 0 aromatic heterocycles. The summed E-state index contributed by atoms with van der Waals surface area (Å²) in [5.74, 6) is 1.42. The number of nitrogens with two attached hydrogens (primary N) is 1. The van der Waals surface area contributed by atoms with E-state index in [1.165, 1.54) is 0 Å². The van der Waals surface area contributed by atoms with Crippen LogP contribution < -0.4 is 20.5 Å². The van der Waals surface area contributed by atoms with E-state index in [2.05, 4.69) is 5.32 Å². The smallest absolute Gasteiger partial charge is 0.231 e. The highest BCUT2D eigenvalue weighted by Crippen LogP contribution is 2.39. The fourth-order valence-corrected chi connectivity index (χ4v) is 1.74. The van der Waals surface area contributed by atoms with Gasteiger partial charge in [0, 0.05) is 17.8 Å². The average molecular weight is 228 g/mol. The number of ether oxygens (including phenoxy) is 2. The van der Waals surface area contributed by atoms with Gasteiger partial charge in [-0.1, -0.05) is 18.2 Å². The SMILES string of the molecule is Nc1cc2c(cc1Nc1ccccc1)OCO2. The lowest BCUT2D eigenvalue weighted by Gasteiger charge is -2.10. The van der Waals surface area contributed by atoms with E-state index < -0.39 is 0 Å². The number of hydrogen-bond acceptors (Lipinski definition) is 4. The van der Waals surface area contributed by atoms with Gasteiger partial charge in [0.2, 0.25) is 6.79 Å². The molecule has 1 heterocycles. The third-order valence-corrected chi connectivity index (χ3v) is 2.60. The Morgan fingerprint density at radius 3 is 2.47 bits per heavy atom. The molecule has 0 amide bonds. The molecule has 86 valence electrons. The Kier molecular flexibility index (Phi) is 2.26. The predicted octanol–water partition coefficient (Wildman–Crippen LogP) is 2.74. The van der Waals surface area contributed by atoms with Gasteiger partial charge in [0.1, 0.15) is 0 Å². The second-order valence-corrected chi connectivity index (χ2v) is 3.78. The van der Waals surface area contributed by atoms with Crippen LogP contribution in [0.2, 0.25) is 0 Å². The third-order valence-electron chi connectivity index (χ3n) is 2.60. The molecule has 3 rings (SSSR count). The van der Waals surface area contributed by atoms with Crippen LogP contribution in [-0.4, -0.2) is 6.79 Å². The maximum absolute atomic E-state index is 5.94. The number of anilines is 3. The minimum atomic E-state index is 0.254. The molecule has 0 atom stereocenters. The van der Waals surface area contributed by atoms with Crippen LogP contribution in [0, 0.1) is 0 Å². The summed E-state index contributed by atoms with van der Waals surface area (Å²) < 4.78 is 10.6. The highest BCUT2D eigenvalue weighted by Gasteiger charge is 2.15. The van der Waals surface area contributed by atoms with Crippen LogP contribution in [0.1, 0.15) is 0 Å². The van der Waals surface area contributed by atoms with E-state index in [1.54, 1.807) is 6.07 Å². The van der Waals surface area contributed by atoms with Crippen LogP contribution in [0.3, 0.4) is 0 Å². The van der Waals surface area contributed by atoms with Gasteiger partial charge in [-0.2, -0.15) is 0 Å². The number of para-hydroxylation sites is 1. The van der Waals surface area contributed by atoms with E-state index in [9.17, 15) is 0 Å². The molecule has 0 aliphatic carbocycles. The molecule has 3 N–H and O–H groups in total. The molecule has 2 aromatic carbocycles. The van der Waals surface area contributed by atoms with Gasteiger partial charge in [-0.05, 0) is 12.1 Å². The van der Waals surface area contributed by atoms with Crippen LogP contribution in [0.5, 0.6) is 11.5 Å². The summed E-state index contributed by atoms with van der Waals surface area (Å²) in [6, 6.07) is 13.5. The standard InChI is InChI=1S/C13H12N2O2/c14-10-6-12-13(17-8-16-12)7-11(10)15-9-4-2-1-3-5-9/h1-7,15H,8,14H2. The van der Waals surface area contributed by atoms with Crippen LogP contribution in [-0.2, 0) is 0 Å². The Labute approximate surface area is 99.0 Å². The molecule has 4 nitrogen and oxygen atoms in total. The minimum absolute atomic E-state index is 0.254. The zero-order chi connectivity index (χ0) is 11.7. The van der Waals surface area contributed by atoms with E-state index in [4.69, 9.17) is 15.2 Å². The van der Waals surface area contributed by atoms with Gasteiger partial charge in [-0.3, -0.25) is 0 Å². The highest BCUT2D eigenvalue weighted by molar-refractivity contribution is 5.76. The molecule has 0 saturated heterocycles. The molecule has 1 aliphatic heterocycles. The molecule has 0 spiro atoms. The maximum atomic E-state index is 5.94. The lowest BCUT2D eigenvalue weighted by molar-refractivity contribution is 0.174. The van der Waals surface area contributed by atoms with E-state index in [-0.39, 0.29) is 6.79 Å². The van der Waals surface area contributed by atoms with Crippen LogP contribution >= 0.6 is 0 Å². The summed E-state index contributed by atoms with van der Waals surface area (Å²) in [4.78, 5) is 0. The lowest BCUT2D eigenvalue weighted by Crippen LogP contribution is -1.96. The summed E-state index contributed by atoms with van der Waals surface area (Å²) in [5, 5.41) is 3.24. The van der Waals surface area contributed by atoms with Crippen LogP contribution in [0.15, 0.2) is 42.5 Å². The van der Waals surface area contributed by atoms with Gasteiger partial charge in [0.15, 0.2) is 11.5 Å². The second kappa shape index (κ2) is 3.90. The second-order valence-electron chi connectivity index (χ2n) is 3.78. The number of benzene rings is 2. The average Bonchev–Trinajstić information content (AvgIpc) is 2.78. The largest absolute Gasteiger partial charge is 0.454 e. The number of fused-ring (bicyclic) bond motifs is 1. The van der Waals surface area contributed by atoms with Crippen molar-refractivity contribution in [2.45, 2.75) is 0 Å². The summed E-state index contributed by atoms with van der Waals surface area (Å²) in [6.45, 7) is 0.254. The van der Waals surface area contributed by atoms with Crippen molar-refractivity contribution in [2.75, 3.05) is 17.8 Å². The molecular weight excluding hydrogens is 216 g/mol. The van der Waals surface area contributed by atoms with E-state index >= 15 is 0 Å². The zero-order valence-corrected chi connectivity index (χ0v) is 9.14. The molecule has 17 heavy (non-hydrogen) atoms. The molecule has 0 fully saturated rings. The van der Waals surface area contributed by atoms with E-state index in [1.807, 2.05) is 36.4 Å². The molecule has 0 radical (unpaired) electrons. The first-order valence-electron chi connectivity index (χ1n) is 5.34. The van der Waals surface area contributed by atoms with Crippen molar-refractivity contribution >= 4 is 17.1 Å². The normalized spacial score (nSPS) is 12.5. The monoisotopic (exact) mass is 228 g/mol. The number of rotatable bonds is 2. The Balaban J connectivity index is 1.93. The molecule has 2 aromatic rings. The first kappa shape index (κ1) is 9.84. The zero-order valence-electron chi connectivity index (χ0n) is 9.14. The van der Waals surface area contributed by atoms with Gasteiger partial charge in [0.05, 0.1) is 11.4 Å². The summed E-state index contributed by atoms with van der Waals surface area (Å²) in [6.07, 6.45) is 0. The topological polar surface area (TPSA) is 56.5 Å². The van der Waals surface area contributed by atoms with Crippen molar-refractivity contribution in [1.29, 1.82) is 0 Å². The Hall–Kier alpha value is -2.36. The van der Waals surface area contributed by atoms with E-state index in [0.717, 1.165) is 17.1 Å². The summed E-state index contributed by atoms with van der Waals surface area (Å²) in [5.41, 5.74) is 8.38. The summed E-state index contributed by atoms with van der Waals surface area (Å²) >= 11 is 0. The fourth-order valence-electron chi connectivity index (χ4n) is 1.74. The van der Waals surface area contributed by atoms with Gasteiger partial charge < -0.3 is 20.5 Å². The lowest BCUT2D eigenvalue weighted by atomic mass is 10.2. The number of nitrogen functional groups attached to an aromatic ring is 1. The summed E-state index contributed by atoms with van der Waals surface area (Å²) in [7, 11) is 0. The Morgan fingerprint density at radius 1 is 1.00 bits per heavy atom. The van der Waals surface area contributed by atoms with Crippen molar-refractivity contribution < 1.29 is 9.47 Å². The first-order chi connectivity index (χ1) is 8.33. The number of hydrogen-bond donors (Lipinski definition) is 2. The van der Waals surface area contributed by atoms with Crippen molar-refractivity contribution in [3.05, 3.63) is 42.5 Å². The van der Waals surface area contributed by atoms with Crippen molar-refractivity contribution in [3.63, 3.8) is 0 Å². The highest BCUT2D eigenvalue weighted by atomic mass is 16.7. The maximum Gasteiger partial charge on any atom is 0.231 e. The van der Waals surface area contributed by atoms with Crippen molar-refractivity contribution in [1.82, 2.24) is 0 Å². The van der Waals surface area contributed by atoms with E-state index in [0.29, 0.717) is 11.4 Å². The predicted molar refractivity (Wildman–Crippen MR) is 66.7 cm³/mol. The van der Waals surface area contributed by atoms with Crippen molar-refractivity contribution in [2.24, 2.45) is 0 Å². The van der Waals surface area contributed by atoms with Crippen LogP contribution in [0.25, 0.3) is 0 Å². The minimum Gasteiger partial charge on any atom is -0.454 e. The fraction of sp³-hybridized carbons (Fsp3) is 0.0769. The Bertz CT molecular complexity index is 541. The molecule has 4 heteroatoms. The van der Waals surface area contributed by atoms with Gasteiger partial charge >= 0.3 is 0 Å².